The molecule has 1 N–H and O–H groups in total. The molecule has 0 saturated carbocycles. The van der Waals surface area contributed by atoms with E-state index in [9.17, 15) is 4.79 Å². The summed E-state index contributed by atoms with van der Waals surface area (Å²) < 4.78 is 1.95. The van der Waals surface area contributed by atoms with E-state index in [4.69, 9.17) is 0 Å². The monoisotopic (exact) mass is 315 g/mol. The van der Waals surface area contributed by atoms with Crippen molar-refractivity contribution in [1.82, 2.24) is 19.6 Å². The number of amides is 1. The first-order valence-corrected chi connectivity index (χ1v) is 7.87. The number of hydrogen-bond acceptors (Lipinski definition) is 5. The van der Waals surface area contributed by atoms with E-state index < -0.39 is 0 Å². The molecule has 3 aromatic rings. The van der Waals surface area contributed by atoms with Crippen molar-refractivity contribution < 1.29 is 4.79 Å². The first-order chi connectivity index (χ1) is 10.5. The molecule has 0 spiro atoms. The largest absolute Gasteiger partial charge is 0.306 e. The van der Waals surface area contributed by atoms with Crippen LogP contribution in [0, 0.1) is 13.8 Å². The number of carbonyl (C=O) groups is 1. The Bertz CT molecular complexity index is 849. The van der Waals surface area contributed by atoms with Gasteiger partial charge in [0.25, 0.3) is 5.91 Å². The Hall–Kier alpha value is -2.28. The van der Waals surface area contributed by atoms with E-state index >= 15 is 0 Å². The van der Waals surface area contributed by atoms with Gasteiger partial charge in [-0.3, -0.25) is 9.20 Å². The van der Waals surface area contributed by atoms with Gasteiger partial charge < -0.3 is 5.32 Å². The fourth-order valence-corrected chi connectivity index (χ4v) is 3.26. The van der Waals surface area contributed by atoms with Gasteiger partial charge in [-0.1, -0.05) is 25.2 Å². The minimum absolute atomic E-state index is 0.166. The Labute approximate surface area is 132 Å². The van der Waals surface area contributed by atoms with Gasteiger partial charge in [0.2, 0.25) is 4.96 Å². The molecule has 0 fully saturated rings. The van der Waals surface area contributed by atoms with E-state index in [0.29, 0.717) is 10.7 Å². The molecule has 0 bridgehead atoms. The Morgan fingerprint density at radius 3 is 2.77 bits per heavy atom. The summed E-state index contributed by atoms with van der Waals surface area (Å²) in [6.45, 7) is 7.99. The molecule has 0 radical (unpaired) electrons. The number of rotatable bonds is 3. The number of pyridine rings is 1. The molecule has 3 rings (SSSR count). The maximum absolute atomic E-state index is 12.5. The van der Waals surface area contributed by atoms with E-state index in [1.165, 1.54) is 11.3 Å². The van der Waals surface area contributed by atoms with Gasteiger partial charge in [-0.25, -0.2) is 4.98 Å². The van der Waals surface area contributed by atoms with Crippen molar-refractivity contribution in [3.63, 3.8) is 0 Å². The normalized spacial score (nSPS) is 11.3. The Kier molecular flexibility index (Phi) is 3.66. The van der Waals surface area contributed by atoms with Crippen molar-refractivity contribution in [3.8, 4) is 0 Å². The Morgan fingerprint density at radius 1 is 1.32 bits per heavy atom. The number of nitrogens with zero attached hydrogens (tertiary/aromatic N) is 4. The van der Waals surface area contributed by atoms with Crippen LogP contribution in [0.5, 0.6) is 0 Å². The molecule has 3 aromatic heterocycles. The zero-order valence-corrected chi connectivity index (χ0v) is 13.7. The summed E-state index contributed by atoms with van der Waals surface area (Å²) in [5.74, 6) is 1.51. The van der Waals surface area contributed by atoms with Crippen LogP contribution in [0.4, 0.5) is 5.82 Å². The molecule has 114 valence electrons. The maximum Gasteiger partial charge on any atom is 0.268 e. The van der Waals surface area contributed by atoms with Crippen molar-refractivity contribution in [2.24, 2.45) is 0 Å². The first kappa shape index (κ1) is 14.6. The number of aryl methyl sites for hydroxylation is 2. The lowest BCUT2D eigenvalue weighted by molar-refractivity contribution is 0.102. The highest BCUT2D eigenvalue weighted by Gasteiger charge is 2.21. The minimum Gasteiger partial charge on any atom is -0.306 e. The average Bonchev–Trinajstić information content (AvgIpc) is 2.99. The molecule has 3 heterocycles. The van der Waals surface area contributed by atoms with Gasteiger partial charge in [0.1, 0.15) is 16.5 Å². The van der Waals surface area contributed by atoms with Gasteiger partial charge in [0, 0.05) is 17.8 Å². The van der Waals surface area contributed by atoms with Crippen LogP contribution in [0.15, 0.2) is 18.3 Å². The van der Waals surface area contributed by atoms with E-state index in [-0.39, 0.29) is 11.8 Å². The summed E-state index contributed by atoms with van der Waals surface area (Å²) in [6, 6.07) is 3.73. The quantitative estimate of drug-likeness (QED) is 0.805. The molecule has 0 saturated heterocycles. The molecule has 0 unspecified atom stereocenters. The number of nitrogens with one attached hydrogen (secondary N) is 1. The number of thiazole rings is 1. The molecule has 22 heavy (non-hydrogen) atoms. The van der Waals surface area contributed by atoms with Crippen molar-refractivity contribution in [1.29, 1.82) is 0 Å². The lowest BCUT2D eigenvalue weighted by Crippen LogP contribution is -2.13. The summed E-state index contributed by atoms with van der Waals surface area (Å²) in [4.78, 5) is 18.0. The van der Waals surface area contributed by atoms with Gasteiger partial charge in [-0.05, 0) is 31.5 Å². The molecule has 0 aliphatic heterocycles. The van der Waals surface area contributed by atoms with E-state index in [1.807, 2.05) is 30.4 Å². The third-order valence-corrected chi connectivity index (χ3v) is 4.53. The number of hydrogen-bond donors (Lipinski definition) is 1. The molecular formula is C15H17N5OS. The lowest BCUT2D eigenvalue weighted by atomic mass is 10.2. The van der Waals surface area contributed by atoms with Crippen LogP contribution >= 0.6 is 11.3 Å². The second-order valence-corrected chi connectivity index (χ2v) is 6.50. The van der Waals surface area contributed by atoms with Crippen LogP contribution in [-0.4, -0.2) is 25.5 Å². The topological polar surface area (TPSA) is 72.2 Å². The van der Waals surface area contributed by atoms with E-state index in [2.05, 4.69) is 34.3 Å². The van der Waals surface area contributed by atoms with Crippen LogP contribution in [0.3, 0.4) is 0 Å². The highest BCUT2D eigenvalue weighted by molar-refractivity contribution is 7.19. The summed E-state index contributed by atoms with van der Waals surface area (Å²) >= 11 is 1.34. The summed E-state index contributed by atoms with van der Waals surface area (Å²) in [5.41, 5.74) is 1.91. The lowest BCUT2D eigenvalue weighted by Gasteiger charge is -2.05. The van der Waals surface area contributed by atoms with Crippen LogP contribution in [0.25, 0.3) is 4.96 Å². The van der Waals surface area contributed by atoms with E-state index in [0.717, 1.165) is 22.0 Å². The molecular weight excluding hydrogens is 298 g/mol. The molecule has 0 atom stereocenters. The van der Waals surface area contributed by atoms with Crippen molar-refractivity contribution >= 4 is 28.0 Å². The Balaban J connectivity index is 1.96. The number of anilines is 1. The van der Waals surface area contributed by atoms with Crippen molar-refractivity contribution in [2.75, 3.05) is 5.32 Å². The van der Waals surface area contributed by atoms with E-state index in [1.54, 1.807) is 6.20 Å². The van der Waals surface area contributed by atoms with Crippen LogP contribution in [0.2, 0.25) is 0 Å². The fraction of sp³-hybridized carbons (Fsp3) is 0.333. The molecule has 0 aromatic carbocycles. The van der Waals surface area contributed by atoms with Gasteiger partial charge in [0.05, 0.1) is 0 Å². The van der Waals surface area contributed by atoms with Gasteiger partial charge in [-0.2, -0.15) is 0 Å². The third-order valence-electron chi connectivity index (χ3n) is 3.40. The second kappa shape index (κ2) is 5.49. The SMILES string of the molecule is Cc1ccnc(NC(=O)c2sc3nnc(C(C)C)n3c2C)c1. The molecule has 6 nitrogen and oxygen atoms in total. The fourth-order valence-electron chi connectivity index (χ4n) is 2.29. The molecule has 1 amide bonds. The van der Waals surface area contributed by atoms with Gasteiger partial charge in [-0.15, -0.1) is 10.2 Å². The number of carbonyl (C=O) groups excluding carboxylic acids is 1. The highest BCUT2D eigenvalue weighted by atomic mass is 32.1. The standard InChI is InChI=1S/C15H17N5OS/c1-8(2)13-18-19-15-20(13)10(4)12(22-15)14(21)17-11-7-9(3)5-6-16-11/h5-8H,1-4H3,(H,16,17,21). The van der Waals surface area contributed by atoms with Crippen LogP contribution in [-0.2, 0) is 0 Å². The van der Waals surface area contributed by atoms with Gasteiger partial charge in [0.15, 0.2) is 0 Å². The molecule has 7 heteroatoms. The first-order valence-electron chi connectivity index (χ1n) is 7.05. The zero-order valence-electron chi connectivity index (χ0n) is 12.9. The minimum atomic E-state index is -0.166. The summed E-state index contributed by atoms with van der Waals surface area (Å²) in [5, 5.41) is 11.2. The van der Waals surface area contributed by atoms with Gasteiger partial charge >= 0.3 is 0 Å². The van der Waals surface area contributed by atoms with Crippen molar-refractivity contribution in [2.45, 2.75) is 33.6 Å². The smallest absolute Gasteiger partial charge is 0.268 e. The predicted molar refractivity (Wildman–Crippen MR) is 86.6 cm³/mol. The number of fused-ring (bicyclic) bond motifs is 1. The third kappa shape index (κ3) is 2.48. The molecule has 0 aliphatic carbocycles. The zero-order chi connectivity index (χ0) is 15.9. The Morgan fingerprint density at radius 2 is 2.09 bits per heavy atom. The summed E-state index contributed by atoms with van der Waals surface area (Å²) in [6.07, 6.45) is 1.68. The highest BCUT2D eigenvalue weighted by Crippen LogP contribution is 2.26. The second-order valence-electron chi connectivity index (χ2n) is 5.52. The van der Waals surface area contributed by atoms with Crippen LogP contribution < -0.4 is 5.32 Å². The van der Waals surface area contributed by atoms with Crippen LogP contribution in [0.1, 0.15) is 46.5 Å². The maximum atomic E-state index is 12.5. The summed E-state index contributed by atoms with van der Waals surface area (Å²) in [7, 11) is 0. The average molecular weight is 315 g/mol. The number of aromatic nitrogens is 4. The predicted octanol–water partition coefficient (Wildman–Crippen LogP) is 3.18. The van der Waals surface area contributed by atoms with Crippen molar-refractivity contribution in [3.05, 3.63) is 40.3 Å². The molecule has 0 aliphatic rings.